The molecule has 0 aliphatic rings. The number of carbonyl (C=O) groups excluding carboxylic acids is 1. The van der Waals surface area contributed by atoms with Gasteiger partial charge in [0.25, 0.3) is 0 Å². The van der Waals surface area contributed by atoms with Gasteiger partial charge in [0.05, 0.1) is 0 Å². The first-order valence-corrected chi connectivity index (χ1v) is 6.55. The molecule has 1 aromatic rings. The molecule has 0 saturated heterocycles. The lowest BCUT2D eigenvalue weighted by atomic mass is 10.0. The maximum absolute atomic E-state index is 11.7. The molecule has 1 aromatic carbocycles. The quantitative estimate of drug-likeness (QED) is 0.792. The van der Waals surface area contributed by atoms with E-state index in [2.05, 4.69) is 5.32 Å². The van der Waals surface area contributed by atoms with Crippen molar-refractivity contribution >= 4 is 11.9 Å². The van der Waals surface area contributed by atoms with Crippen LogP contribution in [0.2, 0.25) is 0 Å². The van der Waals surface area contributed by atoms with Crippen LogP contribution in [0.3, 0.4) is 0 Å². The monoisotopic (exact) mass is 263 g/mol. The Morgan fingerprint density at radius 3 is 2.37 bits per heavy atom. The van der Waals surface area contributed by atoms with Crippen molar-refractivity contribution in [3.05, 3.63) is 35.9 Å². The Morgan fingerprint density at radius 1 is 1.21 bits per heavy atom. The molecule has 0 heterocycles. The van der Waals surface area contributed by atoms with E-state index in [0.717, 1.165) is 5.56 Å². The summed E-state index contributed by atoms with van der Waals surface area (Å²) in [5, 5.41) is 11.6. The predicted molar refractivity (Wildman–Crippen MR) is 73.8 cm³/mol. The number of benzene rings is 1. The van der Waals surface area contributed by atoms with Crippen LogP contribution in [0.1, 0.15) is 32.3 Å². The van der Waals surface area contributed by atoms with Crippen LogP contribution in [0.5, 0.6) is 0 Å². The Hall–Kier alpha value is -1.84. The number of hydrogen-bond donors (Lipinski definition) is 2. The van der Waals surface area contributed by atoms with Crippen LogP contribution in [0.15, 0.2) is 30.3 Å². The molecule has 0 unspecified atom stereocenters. The fourth-order valence-corrected chi connectivity index (χ4v) is 1.86. The van der Waals surface area contributed by atoms with Gasteiger partial charge in [0, 0.05) is 6.42 Å². The van der Waals surface area contributed by atoms with Crippen molar-refractivity contribution < 1.29 is 14.7 Å². The molecule has 1 rings (SSSR count). The highest BCUT2D eigenvalue weighted by Gasteiger charge is 2.20. The summed E-state index contributed by atoms with van der Waals surface area (Å²) in [4.78, 5) is 22.8. The summed E-state index contributed by atoms with van der Waals surface area (Å²) in [5.41, 5.74) is 1.08. The van der Waals surface area contributed by atoms with Gasteiger partial charge in [-0.2, -0.15) is 0 Å². The highest BCUT2D eigenvalue weighted by atomic mass is 16.4. The molecule has 104 valence electrons. The fraction of sp³-hybridized carbons (Fsp3) is 0.467. The third-order valence-corrected chi connectivity index (χ3v) is 2.82. The van der Waals surface area contributed by atoms with Crippen LogP contribution >= 0.6 is 0 Å². The zero-order valence-electron chi connectivity index (χ0n) is 11.4. The number of rotatable bonds is 7. The van der Waals surface area contributed by atoms with E-state index in [9.17, 15) is 9.59 Å². The van der Waals surface area contributed by atoms with Crippen molar-refractivity contribution in [2.24, 2.45) is 5.92 Å². The molecule has 0 aliphatic heterocycles. The van der Waals surface area contributed by atoms with Crippen LogP contribution in [-0.4, -0.2) is 23.0 Å². The molecule has 0 aromatic heterocycles. The van der Waals surface area contributed by atoms with Crippen molar-refractivity contribution in [1.29, 1.82) is 0 Å². The van der Waals surface area contributed by atoms with E-state index in [-0.39, 0.29) is 11.8 Å². The molecule has 0 spiro atoms. The van der Waals surface area contributed by atoms with E-state index in [1.807, 2.05) is 44.2 Å². The van der Waals surface area contributed by atoms with Crippen LogP contribution < -0.4 is 5.32 Å². The zero-order valence-corrected chi connectivity index (χ0v) is 11.4. The van der Waals surface area contributed by atoms with Gasteiger partial charge in [-0.25, -0.2) is 4.79 Å². The largest absolute Gasteiger partial charge is 0.480 e. The number of carboxylic acid groups (broad SMARTS) is 1. The maximum atomic E-state index is 11.7. The van der Waals surface area contributed by atoms with Crippen molar-refractivity contribution in [1.82, 2.24) is 5.32 Å². The highest BCUT2D eigenvalue weighted by molar-refractivity contribution is 5.83. The number of nitrogens with one attached hydrogen (secondary N) is 1. The topological polar surface area (TPSA) is 66.4 Å². The fourth-order valence-electron chi connectivity index (χ4n) is 1.86. The van der Waals surface area contributed by atoms with E-state index >= 15 is 0 Å². The summed E-state index contributed by atoms with van der Waals surface area (Å²) in [5.74, 6) is -0.950. The van der Waals surface area contributed by atoms with Gasteiger partial charge in [0.15, 0.2) is 0 Å². The van der Waals surface area contributed by atoms with E-state index in [1.54, 1.807) is 0 Å². The minimum atomic E-state index is -0.971. The van der Waals surface area contributed by atoms with E-state index in [4.69, 9.17) is 5.11 Å². The Kier molecular flexibility index (Phi) is 6.06. The average molecular weight is 263 g/mol. The summed E-state index contributed by atoms with van der Waals surface area (Å²) >= 11 is 0. The van der Waals surface area contributed by atoms with Gasteiger partial charge < -0.3 is 10.4 Å². The lowest BCUT2D eigenvalue weighted by Gasteiger charge is -2.16. The third-order valence-electron chi connectivity index (χ3n) is 2.82. The number of carbonyl (C=O) groups is 2. The van der Waals surface area contributed by atoms with E-state index in [1.165, 1.54) is 0 Å². The summed E-state index contributed by atoms with van der Waals surface area (Å²) < 4.78 is 0. The van der Waals surface area contributed by atoms with Crippen molar-refractivity contribution in [2.75, 3.05) is 0 Å². The minimum Gasteiger partial charge on any atom is -0.480 e. The number of aliphatic carboxylic acids is 1. The molecule has 2 N–H and O–H groups in total. The third kappa shape index (κ3) is 6.04. The Balaban J connectivity index is 2.42. The molecule has 0 bridgehead atoms. The molecule has 0 fully saturated rings. The average Bonchev–Trinajstić information content (AvgIpc) is 2.36. The predicted octanol–water partition coefficient (Wildman–Crippen LogP) is 2.23. The first-order chi connectivity index (χ1) is 8.99. The Morgan fingerprint density at radius 2 is 1.84 bits per heavy atom. The molecular weight excluding hydrogens is 242 g/mol. The Bertz CT molecular complexity index is 415. The molecule has 4 heteroatoms. The molecule has 0 radical (unpaired) electrons. The zero-order chi connectivity index (χ0) is 14.3. The summed E-state index contributed by atoms with van der Waals surface area (Å²) in [6, 6.07) is 8.89. The summed E-state index contributed by atoms with van der Waals surface area (Å²) in [7, 11) is 0. The van der Waals surface area contributed by atoms with Crippen LogP contribution in [0.4, 0.5) is 0 Å². The lowest BCUT2D eigenvalue weighted by molar-refractivity contribution is -0.142. The van der Waals surface area contributed by atoms with Gasteiger partial charge in [-0.3, -0.25) is 4.79 Å². The molecule has 4 nitrogen and oxygen atoms in total. The van der Waals surface area contributed by atoms with Crippen LogP contribution in [0, 0.1) is 5.92 Å². The van der Waals surface area contributed by atoms with Gasteiger partial charge in [-0.1, -0.05) is 44.2 Å². The van der Waals surface area contributed by atoms with Gasteiger partial charge >= 0.3 is 5.97 Å². The summed E-state index contributed by atoms with van der Waals surface area (Å²) in [6.07, 6.45) is 1.39. The normalized spacial score (nSPS) is 12.2. The van der Waals surface area contributed by atoms with Crippen molar-refractivity contribution in [3.8, 4) is 0 Å². The smallest absolute Gasteiger partial charge is 0.326 e. The summed E-state index contributed by atoms with van der Waals surface area (Å²) in [6.45, 7) is 3.87. The SMILES string of the molecule is CC(C)C[C@H](NC(=O)CCc1ccccc1)C(=O)O. The maximum Gasteiger partial charge on any atom is 0.326 e. The molecule has 0 saturated carbocycles. The van der Waals surface area contributed by atoms with E-state index in [0.29, 0.717) is 19.3 Å². The first kappa shape index (κ1) is 15.2. The second kappa shape index (κ2) is 7.56. The van der Waals surface area contributed by atoms with Gasteiger partial charge in [-0.15, -0.1) is 0 Å². The standard InChI is InChI=1S/C15H21NO3/c1-11(2)10-13(15(18)19)16-14(17)9-8-12-6-4-3-5-7-12/h3-7,11,13H,8-10H2,1-2H3,(H,16,17)(H,18,19)/t13-/m0/s1. The second-order valence-electron chi connectivity index (χ2n) is 5.07. The lowest BCUT2D eigenvalue weighted by Crippen LogP contribution is -2.41. The number of hydrogen-bond acceptors (Lipinski definition) is 2. The van der Waals surface area contributed by atoms with Crippen molar-refractivity contribution in [2.45, 2.75) is 39.2 Å². The molecular formula is C15H21NO3. The minimum absolute atomic E-state index is 0.211. The number of carboxylic acids is 1. The van der Waals surface area contributed by atoms with Crippen LogP contribution in [-0.2, 0) is 16.0 Å². The molecule has 1 atom stereocenters. The van der Waals surface area contributed by atoms with Gasteiger partial charge in [0.2, 0.25) is 5.91 Å². The number of aryl methyl sites for hydroxylation is 1. The first-order valence-electron chi connectivity index (χ1n) is 6.55. The second-order valence-corrected chi connectivity index (χ2v) is 5.07. The molecule has 0 aliphatic carbocycles. The van der Waals surface area contributed by atoms with E-state index < -0.39 is 12.0 Å². The van der Waals surface area contributed by atoms with Gasteiger partial charge in [-0.05, 0) is 24.3 Å². The van der Waals surface area contributed by atoms with Crippen molar-refractivity contribution in [3.63, 3.8) is 0 Å². The highest BCUT2D eigenvalue weighted by Crippen LogP contribution is 2.06. The molecule has 19 heavy (non-hydrogen) atoms. The van der Waals surface area contributed by atoms with Gasteiger partial charge in [0.1, 0.15) is 6.04 Å². The Labute approximate surface area is 113 Å². The number of amides is 1. The molecule has 1 amide bonds. The van der Waals surface area contributed by atoms with Crippen LogP contribution in [0.25, 0.3) is 0 Å².